The summed E-state index contributed by atoms with van der Waals surface area (Å²) in [5.41, 5.74) is -1.73. The normalized spacial score (nSPS) is 20.1. The standard InChI is InChI=1S/C30H25F7N6O3S/c1-41-16-24(15-39-41)47(45,46)42(17-29(32,33)34)23-5-2-19-11-26-18(14-40-43(26)22-6-3-21(31)4-7-22)12-28(19,13-23)27(44)25-10-20(8-9-38-25)30(35,36)37/h3-4,6-11,14-16,23H,2,5,12-13,17H2,1H3/t23-,28-/m0/s1. The van der Waals surface area contributed by atoms with Crippen molar-refractivity contribution in [2.45, 2.75) is 49.0 Å². The van der Waals surface area contributed by atoms with E-state index in [9.17, 15) is 43.9 Å². The van der Waals surface area contributed by atoms with E-state index < -0.39 is 74.6 Å². The number of rotatable bonds is 7. The molecule has 0 bridgehead atoms. The number of carbonyl (C=O) groups excluding carboxylic acids is 1. The fraction of sp³-hybridized carbons (Fsp3) is 0.333. The van der Waals surface area contributed by atoms with Gasteiger partial charge in [-0.2, -0.15) is 40.8 Å². The van der Waals surface area contributed by atoms with Crippen molar-refractivity contribution < 1.29 is 43.9 Å². The molecule has 0 amide bonds. The van der Waals surface area contributed by atoms with Crippen molar-refractivity contribution in [3.05, 3.63) is 95.1 Å². The minimum Gasteiger partial charge on any atom is -0.291 e. The Morgan fingerprint density at radius 3 is 2.43 bits per heavy atom. The summed E-state index contributed by atoms with van der Waals surface area (Å²) < 4.78 is 127. The molecule has 0 unspecified atom stereocenters. The molecule has 2 aliphatic rings. The van der Waals surface area contributed by atoms with Crippen molar-refractivity contribution in [3.63, 3.8) is 0 Å². The van der Waals surface area contributed by atoms with E-state index in [1.807, 2.05) is 0 Å². The highest BCUT2D eigenvalue weighted by atomic mass is 32.2. The molecule has 2 atom stereocenters. The number of alkyl halides is 6. The van der Waals surface area contributed by atoms with E-state index in [4.69, 9.17) is 0 Å². The number of benzene rings is 1. The number of halogens is 7. The molecule has 0 N–H and O–H groups in total. The summed E-state index contributed by atoms with van der Waals surface area (Å²) in [6.45, 7) is -1.87. The first kappa shape index (κ1) is 32.6. The predicted octanol–water partition coefficient (Wildman–Crippen LogP) is 5.77. The number of sulfonamides is 1. The molecule has 4 aromatic rings. The van der Waals surface area contributed by atoms with Gasteiger partial charge in [0.2, 0.25) is 10.0 Å². The molecule has 3 aromatic heterocycles. The van der Waals surface area contributed by atoms with E-state index in [-0.39, 0.29) is 19.3 Å². The van der Waals surface area contributed by atoms with Crippen LogP contribution in [-0.2, 0) is 29.7 Å². The first-order chi connectivity index (χ1) is 22.0. The first-order valence-corrected chi connectivity index (χ1v) is 15.6. The van der Waals surface area contributed by atoms with Gasteiger partial charge in [-0.15, -0.1) is 0 Å². The summed E-state index contributed by atoms with van der Waals surface area (Å²) in [7, 11) is -3.41. The number of hydrogen-bond acceptors (Lipinski definition) is 6. The lowest BCUT2D eigenvalue weighted by molar-refractivity contribution is -0.140. The van der Waals surface area contributed by atoms with E-state index >= 15 is 0 Å². The molecular weight excluding hydrogens is 657 g/mol. The predicted molar refractivity (Wildman–Crippen MR) is 152 cm³/mol. The van der Waals surface area contributed by atoms with Crippen molar-refractivity contribution in [1.82, 2.24) is 28.9 Å². The highest BCUT2D eigenvalue weighted by Crippen LogP contribution is 2.52. The van der Waals surface area contributed by atoms with Gasteiger partial charge in [0.25, 0.3) is 0 Å². The van der Waals surface area contributed by atoms with Crippen LogP contribution in [0.5, 0.6) is 0 Å². The van der Waals surface area contributed by atoms with Gasteiger partial charge in [0.1, 0.15) is 23.0 Å². The Morgan fingerprint density at radius 2 is 1.79 bits per heavy atom. The minimum absolute atomic E-state index is 0.0691. The van der Waals surface area contributed by atoms with Crippen molar-refractivity contribution in [2.75, 3.05) is 6.54 Å². The molecule has 9 nitrogen and oxygen atoms in total. The lowest BCUT2D eigenvalue weighted by atomic mass is 9.60. The zero-order valence-corrected chi connectivity index (χ0v) is 25.2. The van der Waals surface area contributed by atoms with Crippen molar-refractivity contribution in [3.8, 4) is 5.69 Å². The second kappa shape index (κ2) is 11.4. The van der Waals surface area contributed by atoms with Crippen LogP contribution in [0.25, 0.3) is 11.8 Å². The molecule has 1 aromatic carbocycles. The third-order valence-corrected chi connectivity index (χ3v) is 10.3. The van der Waals surface area contributed by atoms with Gasteiger partial charge in [-0.1, -0.05) is 5.57 Å². The molecular formula is C30H25F7N6O3S. The Labute approximate surface area is 263 Å². The summed E-state index contributed by atoms with van der Waals surface area (Å²) in [4.78, 5) is 17.8. The monoisotopic (exact) mass is 682 g/mol. The van der Waals surface area contributed by atoms with Crippen LogP contribution in [-0.4, -0.2) is 61.8 Å². The third-order valence-electron chi connectivity index (χ3n) is 8.49. The van der Waals surface area contributed by atoms with E-state index in [1.165, 1.54) is 42.2 Å². The van der Waals surface area contributed by atoms with E-state index in [0.717, 1.165) is 23.3 Å². The van der Waals surface area contributed by atoms with Crippen molar-refractivity contribution >= 4 is 21.9 Å². The summed E-state index contributed by atoms with van der Waals surface area (Å²) in [6, 6.07) is 5.25. The molecule has 0 saturated heterocycles. The van der Waals surface area contributed by atoms with Crippen LogP contribution in [0, 0.1) is 11.2 Å². The van der Waals surface area contributed by atoms with Crippen LogP contribution in [0.4, 0.5) is 30.7 Å². The lowest BCUT2D eigenvalue weighted by Gasteiger charge is -2.46. The van der Waals surface area contributed by atoms with Gasteiger partial charge in [0.15, 0.2) is 5.78 Å². The summed E-state index contributed by atoms with van der Waals surface area (Å²) in [5.74, 6) is -1.39. The molecule has 0 radical (unpaired) electrons. The second-order valence-corrected chi connectivity index (χ2v) is 13.4. The maximum absolute atomic E-state index is 14.4. The van der Waals surface area contributed by atoms with Crippen LogP contribution in [0.15, 0.2) is 71.7 Å². The van der Waals surface area contributed by atoms with Gasteiger partial charge in [0, 0.05) is 25.5 Å². The number of pyridine rings is 1. The fourth-order valence-electron chi connectivity index (χ4n) is 6.35. The number of nitrogens with zero attached hydrogens (tertiary/aromatic N) is 6. The van der Waals surface area contributed by atoms with Gasteiger partial charge in [0.05, 0.1) is 34.8 Å². The lowest BCUT2D eigenvalue weighted by Crippen LogP contribution is -2.52. The molecule has 0 spiro atoms. The van der Waals surface area contributed by atoms with Gasteiger partial charge < -0.3 is 0 Å². The average Bonchev–Trinajstić information content (AvgIpc) is 3.64. The quantitative estimate of drug-likeness (QED) is 0.181. The van der Waals surface area contributed by atoms with Crippen molar-refractivity contribution in [1.29, 1.82) is 0 Å². The van der Waals surface area contributed by atoms with Crippen LogP contribution in [0.1, 0.15) is 46.6 Å². The molecule has 1 fully saturated rings. The number of fused-ring (bicyclic) bond motifs is 2. The van der Waals surface area contributed by atoms with E-state index in [2.05, 4.69) is 15.2 Å². The third kappa shape index (κ3) is 6.08. The maximum atomic E-state index is 14.4. The molecule has 17 heteroatoms. The molecule has 248 valence electrons. The highest BCUT2D eigenvalue weighted by molar-refractivity contribution is 7.89. The molecule has 3 heterocycles. The number of aryl methyl sites for hydroxylation is 1. The molecule has 2 aliphatic carbocycles. The number of ketones is 1. The maximum Gasteiger partial charge on any atom is 0.416 e. The topological polar surface area (TPSA) is 103 Å². The Bertz CT molecular complexity index is 1980. The summed E-state index contributed by atoms with van der Waals surface area (Å²) in [6.07, 6.45) is -4.89. The van der Waals surface area contributed by atoms with Crippen LogP contribution in [0.2, 0.25) is 0 Å². The van der Waals surface area contributed by atoms with Crippen LogP contribution < -0.4 is 0 Å². The van der Waals surface area contributed by atoms with E-state index in [0.29, 0.717) is 39.0 Å². The second-order valence-electron chi connectivity index (χ2n) is 11.5. The SMILES string of the molecule is Cn1cc(S(=O)(=O)N(CC(F)(F)F)[C@H]2CCC3=Cc4c(cnn4-c4ccc(F)cc4)C[C@]3(C(=O)c3cc(C(F)(F)F)ccn3)C2)cn1. The Balaban J connectivity index is 1.48. The minimum atomic E-state index is -4.97. The van der Waals surface area contributed by atoms with Gasteiger partial charge in [-0.3, -0.25) is 14.5 Å². The number of aromatic nitrogens is 5. The summed E-state index contributed by atoms with van der Waals surface area (Å²) >= 11 is 0. The van der Waals surface area contributed by atoms with Gasteiger partial charge in [-0.05, 0) is 73.7 Å². The number of Topliss-reactive ketones (excluding diaryl/α,β-unsaturated/α-hetero) is 1. The van der Waals surface area contributed by atoms with Crippen LogP contribution in [0.3, 0.4) is 0 Å². The van der Waals surface area contributed by atoms with Gasteiger partial charge in [-0.25, -0.2) is 17.5 Å². The number of carbonyl (C=O) groups is 1. The highest BCUT2D eigenvalue weighted by Gasteiger charge is 2.53. The van der Waals surface area contributed by atoms with E-state index in [1.54, 1.807) is 6.08 Å². The Morgan fingerprint density at radius 1 is 1.06 bits per heavy atom. The average molecular weight is 683 g/mol. The molecule has 6 rings (SSSR count). The fourth-order valence-corrected chi connectivity index (χ4v) is 7.97. The Kier molecular flexibility index (Phi) is 7.90. The Hall–Kier alpha value is -4.38. The van der Waals surface area contributed by atoms with Gasteiger partial charge >= 0.3 is 12.4 Å². The first-order valence-electron chi connectivity index (χ1n) is 14.2. The smallest absolute Gasteiger partial charge is 0.291 e. The number of hydrogen-bond donors (Lipinski definition) is 0. The zero-order valence-electron chi connectivity index (χ0n) is 24.4. The molecule has 0 aliphatic heterocycles. The zero-order chi connectivity index (χ0) is 33.9. The largest absolute Gasteiger partial charge is 0.416 e. The molecule has 47 heavy (non-hydrogen) atoms. The van der Waals surface area contributed by atoms with Crippen LogP contribution >= 0.6 is 0 Å². The van der Waals surface area contributed by atoms with Crippen molar-refractivity contribution in [2.24, 2.45) is 12.5 Å². The summed E-state index contributed by atoms with van der Waals surface area (Å²) in [5, 5.41) is 8.13. The molecule has 1 saturated carbocycles. The number of allylic oxidation sites excluding steroid dienone is 1.